The number of anilines is 2. The van der Waals surface area contributed by atoms with Crippen LogP contribution in [0.3, 0.4) is 0 Å². The Balaban J connectivity index is 1.17. The largest absolute Gasteiger partial charge is 0.457 e. The lowest BCUT2D eigenvalue weighted by atomic mass is 9.76. The molecule has 9 aromatic rings. The number of allylic oxidation sites excluding steroid dienone is 2. The molecule has 1 aliphatic heterocycles. The van der Waals surface area contributed by atoms with Gasteiger partial charge in [-0.3, -0.25) is 4.57 Å². The maximum absolute atomic E-state index is 7.46. The normalized spacial score (nSPS) is 14.1. The van der Waals surface area contributed by atoms with E-state index in [9.17, 15) is 0 Å². The predicted octanol–water partition coefficient (Wildman–Crippen LogP) is 19.5. The predicted molar refractivity (Wildman–Crippen MR) is 327 cm³/mol. The third kappa shape index (κ3) is 10.1. The molecule has 0 saturated carbocycles. The number of benzene rings is 7. The topological polar surface area (TPSA) is 33.5 Å². The van der Waals surface area contributed by atoms with E-state index in [1.807, 2.05) is 6.20 Å². The number of para-hydroxylation sites is 1. The molecule has 0 atom stereocenters. The lowest BCUT2D eigenvalue weighted by Crippen LogP contribution is -2.32. The Labute approximate surface area is 460 Å². The SMILES string of the molecule is CC(C)(C)C1=C(C(C)(C)C)N(c2cc(-c3ccccc3)cc(C(C)(C)c3ccccc3)c2)CN1c1cc(Oc2cc(C(C)(C)c3ccccc3)c3c4ccccc4n(-c4cc(C(C)(C)C)ccn4)c3c2)cc(C(C)(C)C)c1. The molecule has 0 aliphatic carbocycles. The molecule has 5 nitrogen and oxygen atoms in total. The van der Waals surface area contributed by atoms with E-state index in [4.69, 9.17) is 9.72 Å². The first kappa shape index (κ1) is 53.0. The Morgan fingerprint density at radius 1 is 0.390 bits per heavy atom. The van der Waals surface area contributed by atoms with Crippen LogP contribution >= 0.6 is 0 Å². The zero-order valence-electron chi connectivity index (χ0n) is 48.7. The lowest BCUT2D eigenvalue weighted by Gasteiger charge is -2.35. The Kier molecular flexibility index (Phi) is 13.3. The fourth-order valence-electron chi connectivity index (χ4n) is 11.7. The first-order valence-electron chi connectivity index (χ1n) is 27.7. The zero-order valence-corrected chi connectivity index (χ0v) is 48.7. The van der Waals surface area contributed by atoms with Crippen molar-refractivity contribution in [3.63, 3.8) is 0 Å². The number of aromatic nitrogens is 2. The molecule has 394 valence electrons. The van der Waals surface area contributed by atoms with Crippen molar-refractivity contribution in [1.29, 1.82) is 0 Å². The number of hydrogen-bond donors (Lipinski definition) is 0. The molecule has 0 saturated heterocycles. The summed E-state index contributed by atoms with van der Waals surface area (Å²) in [6.07, 6.45) is 1.96. The van der Waals surface area contributed by atoms with E-state index >= 15 is 0 Å². The van der Waals surface area contributed by atoms with Crippen molar-refractivity contribution in [2.24, 2.45) is 10.8 Å². The van der Waals surface area contributed by atoms with E-state index < -0.39 is 5.41 Å². The molecule has 10 rings (SSSR count). The van der Waals surface area contributed by atoms with E-state index in [0.29, 0.717) is 6.67 Å². The quantitative estimate of drug-likeness (QED) is 0.137. The highest BCUT2D eigenvalue weighted by Crippen LogP contribution is 2.51. The number of fused-ring (bicyclic) bond motifs is 3. The monoisotopic (exact) mass is 1020 g/mol. The summed E-state index contributed by atoms with van der Waals surface area (Å²) >= 11 is 0. The molecule has 0 N–H and O–H groups in total. The maximum atomic E-state index is 7.46. The average Bonchev–Trinajstić information content (AvgIpc) is 4.03. The van der Waals surface area contributed by atoms with Crippen LogP contribution in [0.25, 0.3) is 38.8 Å². The number of nitrogens with zero attached hydrogens (tertiary/aromatic N) is 4. The Morgan fingerprint density at radius 2 is 0.909 bits per heavy atom. The molecule has 0 bridgehead atoms. The van der Waals surface area contributed by atoms with E-state index in [1.165, 1.54) is 72.4 Å². The smallest absolute Gasteiger partial charge is 0.137 e. The highest BCUT2D eigenvalue weighted by molar-refractivity contribution is 6.12. The van der Waals surface area contributed by atoms with Gasteiger partial charge in [-0.2, -0.15) is 0 Å². The first-order valence-corrected chi connectivity index (χ1v) is 27.7. The number of rotatable bonds is 10. The third-order valence-corrected chi connectivity index (χ3v) is 16.1. The van der Waals surface area contributed by atoms with Crippen molar-refractivity contribution in [2.75, 3.05) is 16.5 Å². The molecule has 0 fully saturated rings. The van der Waals surface area contributed by atoms with E-state index in [-0.39, 0.29) is 27.1 Å². The van der Waals surface area contributed by atoms with E-state index in [0.717, 1.165) is 34.0 Å². The summed E-state index contributed by atoms with van der Waals surface area (Å²) in [7, 11) is 0. The second-order valence-electron chi connectivity index (χ2n) is 26.7. The highest BCUT2D eigenvalue weighted by Gasteiger charge is 2.43. The van der Waals surface area contributed by atoms with Gasteiger partial charge >= 0.3 is 0 Å². The van der Waals surface area contributed by atoms with Gasteiger partial charge in [-0.05, 0) is 104 Å². The molecule has 3 heterocycles. The molecule has 0 amide bonds. The van der Waals surface area contributed by atoms with Crippen LogP contribution in [0.5, 0.6) is 11.5 Å². The summed E-state index contributed by atoms with van der Waals surface area (Å²) in [4.78, 5) is 10.3. The van der Waals surface area contributed by atoms with Gasteiger partial charge in [0, 0.05) is 73.5 Å². The average molecular weight is 1020 g/mol. The van der Waals surface area contributed by atoms with E-state index in [2.05, 4.69) is 301 Å². The van der Waals surface area contributed by atoms with Crippen molar-refractivity contribution in [2.45, 2.75) is 132 Å². The van der Waals surface area contributed by atoms with Crippen LogP contribution < -0.4 is 14.5 Å². The van der Waals surface area contributed by atoms with Crippen LogP contribution in [0.15, 0.2) is 194 Å². The van der Waals surface area contributed by atoms with Crippen LogP contribution in [0.2, 0.25) is 0 Å². The fraction of sp³-hybridized carbons (Fsp3) is 0.319. The van der Waals surface area contributed by atoms with Crippen molar-refractivity contribution in [3.8, 4) is 28.4 Å². The third-order valence-electron chi connectivity index (χ3n) is 16.1. The number of pyridine rings is 1. The molecule has 0 unspecified atom stereocenters. The van der Waals surface area contributed by atoms with Crippen LogP contribution in [-0.2, 0) is 21.7 Å². The summed E-state index contributed by atoms with van der Waals surface area (Å²) < 4.78 is 9.80. The minimum Gasteiger partial charge on any atom is -0.457 e. The van der Waals surface area contributed by atoms with Crippen LogP contribution in [0, 0.1) is 10.8 Å². The Hall–Kier alpha value is -7.37. The molecule has 0 radical (unpaired) electrons. The molecule has 2 aromatic heterocycles. The fourth-order valence-corrected chi connectivity index (χ4v) is 11.7. The second kappa shape index (κ2) is 19.3. The molecule has 7 aromatic carbocycles. The molecule has 77 heavy (non-hydrogen) atoms. The maximum Gasteiger partial charge on any atom is 0.137 e. The molecule has 1 aliphatic rings. The van der Waals surface area contributed by atoms with Gasteiger partial charge in [-0.15, -0.1) is 0 Å². The van der Waals surface area contributed by atoms with Crippen molar-refractivity contribution >= 4 is 33.2 Å². The van der Waals surface area contributed by atoms with Crippen LogP contribution in [0.4, 0.5) is 11.4 Å². The van der Waals surface area contributed by atoms with Gasteiger partial charge in [0.2, 0.25) is 0 Å². The lowest BCUT2D eigenvalue weighted by molar-refractivity contribution is 0.444. The summed E-state index contributed by atoms with van der Waals surface area (Å²) in [5.74, 6) is 2.47. The molecular formula is C72H80N4O. The van der Waals surface area contributed by atoms with Crippen molar-refractivity contribution in [3.05, 3.63) is 227 Å². The van der Waals surface area contributed by atoms with Gasteiger partial charge in [0.15, 0.2) is 0 Å². The Bertz CT molecular complexity index is 3660. The van der Waals surface area contributed by atoms with Gasteiger partial charge in [0.1, 0.15) is 17.3 Å². The van der Waals surface area contributed by atoms with Gasteiger partial charge in [0.25, 0.3) is 0 Å². The van der Waals surface area contributed by atoms with Gasteiger partial charge in [-0.1, -0.05) is 226 Å². The van der Waals surface area contributed by atoms with Gasteiger partial charge < -0.3 is 14.5 Å². The second-order valence-corrected chi connectivity index (χ2v) is 26.7. The summed E-state index contributed by atoms with van der Waals surface area (Å²) in [5, 5.41) is 2.39. The van der Waals surface area contributed by atoms with Crippen molar-refractivity contribution < 1.29 is 4.74 Å². The van der Waals surface area contributed by atoms with Crippen molar-refractivity contribution in [1.82, 2.24) is 9.55 Å². The minimum absolute atomic E-state index is 0.0581. The summed E-state index contributed by atoms with van der Waals surface area (Å²) in [5.41, 5.74) is 15.6. The van der Waals surface area contributed by atoms with Crippen LogP contribution in [-0.4, -0.2) is 16.2 Å². The number of hydrogen-bond acceptors (Lipinski definition) is 4. The number of ether oxygens (including phenoxy) is 1. The molecule has 0 spiro atoms. The standard InChI is InChI=1S/C72H80N4O/c1-67(2,3)52-36-37-73-63(43-52)76-61-35-27-26-34-59(61)64-60(72(15,16)51-32-24-19-25-33-51)45-58(46-62(64)76)77-57-42-53(68(4,5)6)40-56(44-57)75-47-74(65(69(7,8)9)66(75)70(10,11)12)55-39-49(48-28-20-17-21-29-48)38-54(41-55)71(13,14)50-30-22-18-23-31-50/h17-46H,47H2,1-16H3. The van der Waals surface area contributed by atoms with E-state index in [1.54, 1.807) is 0 Å². The summed E-state index contributed by atoms with van der Waals surface area (Å²) in [6, 6.07) is 64.7. The zero-order chi connectivity index (χ0) is 55.0. The molecular weight excluding hydrogens is 937 g/mol. The molecule has 5 heteroatoms. The van der Waals surface area contributed by atoms with Gasteiger partial charge in [-0.25, -0.2) is 4.98 Å². The van der Waals surface area contributed by atoms with Gasteiger partial charge in [0.05, 0.1) is 17.7 Å². The highest BCUT2D eigenvalue weighted by atomic mass is 16.5. The minimum atomic E-state index is -0.393. The summed E-state index contributed by atoms with van der Waals surface area (Å²) in [6.45, 7) is 38.0. The first-order chi connectivity index (χ1) is 36.2. The Morgan fingerprint density at radius 3 is 1.49 bits per heavy atom. The van der Waals surface area contributed by atoms with Crippen LogP contribution in [0.1, 0.15) is 144 Å².